The molecule has 33 heavy (non-hydrogen) atoms. The number of amides is 1. The second-order valence-corrected chi connectivity index (χ2v) is 9.32. The van der Waals surface area contributed by atoms with E-state index in [1.807, 2.05) is 0 Å². The summed E-state index contributed by atoms with van der Waals surface area (Å²) in [6.45, 7) is 1.52. The third kappa shape index (κ3) is 6.13. The lowest BCUT2D eigenvalue weighted by Gasteiger charge is -2.26. The number of nitrogens with one attached hydrogen (secondary N) is 1. The van der Waals surface area contributed by atoms with Crippen molar-refractivity contribution in [1.82, 2.24) is 14.3 Å². The summed E-state index contributed by atoms with van der Waals surface area (Å²) in [5.74, 6) is 0.738. The molecule has 2 aromatic carbocycles. The molecular weight excluding hydrogens is 444 g/mol. The van der Waals surface area contributed by atoms with E-state index in [4.69, 9.17) is 9.47 Å². The molecule has 0 unspecified atom stereocenters. The van der Waals surface area contributed by atoms with Crippen molar-refractivity contribution in [3.8, 4) is 11.6 Å². The number of morpholine rings is 1. The van der Waals surface area contributed by atoms with Crippen molar-refractivity contribution in [3.63, 3.8) is 0 Å². The molecule has 0 atom stereocenters. The average Bonchev–Trinajstić information content (AvgIpc) is 2.84. The van der Waals surface area contributed by atoms with Gasteiger partial charge < -0.3 is 14.8 Å². The Bertz CT molecular complexity index is 1180. The highest BCUT2D eigenvalue weighted by molar-refractivity contribution is 7.89. The van der Waals surface area contributed by atoms with E-state index in [0.717, 1.165) is 5.56 Å². The van der Waals surface area contributed by atoms with Gasteiger partial charge in [-0.05, 0) is 36.2 Å². The summed E-state index contributed by atoms with van der Waals surface area (Å²) >= 11 is 0. The van der Waals surface area contributed by atoms with Crippen LogP contribution in [-0.2, 0) is 26.0 Å². The molecule has 172 valence electrons. The van der Waals surface area contributed by atoms with Gasteiger partial charge in [-0.1, -0.05) is 18.2 Å². The Labute approximate surface area is 192 Å². The molecule has 1 saturated heterocycles. The number of carbonyl (C=O) groups excluding carboxylic acids is 1. The number of rotatable bonds is 8. The van der Waals surface area contributed by atoms with Crippen molar-refractivity contribution in [2.45, 2.75) is 17.7 Å². The zero-order valence-corrected chi connectivity index (χ0v) is 18.7. The number of aromatic nitrogens is 2. The lowest BCUT2D eigenvalue weighted by molar-refractivity contribution is -0.116. The third-order valence-corrected chi connectivity index (χ3v) is 6.96. The highest BCUT2D eigenvalue weighted by Crippen LogP contribution is 2.22. The van der Waals surface area contributed by atoms with Crippen LogP contribution in [0.15, 0.2) is 72.0 Å². The second kappa shape index (κ2) is 10.5. The number of hydrogen-bond acceptors (Lipinski definition) is 7. The van der Waals surface area contributed by atoms with E-state index in [0.29, 0.717) is 50.0 Å². The van der Waals surface area contributed by atoms with E-state index in [1.165, 1.54) is 16.7 Å². The van der Waals surface area contributed by atoms with Crippen LogP contribution in [0, 0.1) is 0 Å². The number of anilines is 1. The fraction of sp³-hybridized carbons (Fsp3) is 0.261. The molecule has 0 bridgehead atoms. The molecule has 1 aromatic heterocycles. The number of aryl methyl sites for hydroxylation is 1. The van der Waals surface area contributed by atoms with Gasteiger partial charge in [0, 0.05) is 43.7 Å². The van der Waals surface area contributed by atoms with Crippen LogP contribution < -0.4 is 10.1 Å². The van der Waals surface area contributed by atoms with Crippen molar-refractivity contribution in [1.29, 1.82) is 0 Å². The first-order chi connectivity index (χ1) is 16.0. The molecule has 3 aromatic rings. The Morgan fingerprint density at radius 1 is 1.09 bits per heavy atom. The van der Waals surface area contributed by atoms with E-state index in [2.05, 4.69) is 15.3 Å². The standard InChI is InChI=1S/C23H24N4O5S/c28-22(26-19-2-1-3-20(16-19)32-23-17-24-10-11-25-23)9-6-18-4-7-21(8-5-18)33(29,30)27-12-14-31-15-13-27/h1-5,7-8,10-11,16-17H,6,9,12-15H2,(H,26,28). The highest BCUT2D eigenvalue weighted by Gasteiger charge is 2.26. The van der Waals surface area contributed by atoms with Crippen LogP contribution >= 0.6 is 0 Å². The minimum Gasteiger partial charge on any atom is -0.437 e. The molecular formula is C23H24N4O5S. The van der Waals surface area contributed by atoms with Crippen LogP contribution in [-0.4, -0.2) is 54.9 Å². The smallest absolute Gasteiger partial charge is 0.243 e. The second-order valence-electron chi connectivity index (χ2n) is 7.38. The molecule has 0 aliphatic carbocycles. The number of benzene rings is 2. The van der Waals surface area contributed by atoms with Gasteiger partial charge in [0.25, 0.3) is 0 Å². The zero-order chi connectivity index (χ0) is 23.1. The van der Waals surface area contributed by atoms with Crippen LogP contribution in [0.2, 0.25) is 0 Å². The van der Waals surface area contributed by atoms with Gasteiger partial charge in [-0.2, -0.15) is 4.31 Å². The Kier molecular flexibility index (Phi) is 7.28. The van der Waals surface area contributed by atoms with Crippen molar-refractivity contribution in [3.05, 3.63) is 72.7 Å². The average molecular weight is 469 g/mol. The lowest BCUT2D eigenvalue weighted by atomic mass is 10.1. The fourth-order valence-corrected chi connectivity index (χ4v) is 4.75. The lowest BCUT2D eigenvalue weighted by Crippen LogP contribution is -2.40. The van der Waals surface area contributed by atoms with E-state index >= 15 is 0 Å². The minimum atomic E-state index is -3.52. The number of carbonyl (C=O) groups is 1. The topological polar surface area (TPSA) is 111 Å². The van der Waals surface area contributed by atoms with Crippen molar-refractivity contribution in [2.75, 3.05) is 31.6 Å². The van der Waals surface area contributed by atoms with Crippen LogP contribution in [0.5, 0.6) is 11.6 Å². The predicted molar refractivity (Wildman–Crippen MR) is 122 cm³/mol. The van der Waals surface area contributed by atoms with Gasteiger partial charge in [0.05, 0.1) is 24.3 Å². The number of hydrogen-bond donors (Lipinski definition) is 1. The Morgan fingerprint density at radius 2 is 1.88 bits per heavy atom. The molecule has 1 fully saturated rings. The van der Waals surface area contributed by atoms with Gasteiger partial charge in [-0.3, -0.25) is 9.78 Å². The van der Waals surface area contributed by atoms with Gasteiger partial charge in [-0.25, -0.2) is 13.4 Å². The molecule has 0 radical (unpaired) electrons. The van der Waals surface area contributed by atoms with E-state index in [-0.39, 0.29) is 17.2 Å². The van der Waals surface area contributed by atoms with Gasteiger partial charge in [-0.15, -0.1) is 0 Å². The summed E-state index contributed by atoms with van der Waals surface area (Å²) in [4.78, 5) is 20.7. The number of ether oxygens (including phenoxy) is 2. The van der Waals surface area contributed by atoms with Crippen LogP contribution in [0.3, 0.4) is 0 Å². The fourth-order valence-electron chi connectivity index (χ4n) is 3.34. The summed E-state index contributed by atoms with van der Waals surface area (Å²) in [7, 11) is -3.52. The molecule has 1 aliphatic heterocycles. The third-order valence-electron chi connectivity index (χ3n) is 5.05. The molecule has 0 saturated carbocycles. The maximum Gasteiger partial charge on any atom is 0.243 e. The van der Waals surface area contributed by atoms with Gasteiger partial charge in [0.2, 0.25) is 21.8 Å². The quantitative estimate of drug-likeness (QED) is 0.541. The van der Waals surface area contributed by atoms with E-state index in [9.17, 15) is 13.2 Å². The van der Waals surface area contributed by atoms with Gasteiger partial charge in [0.1, 0.15) is 5.75 Å². The first kappa shape index (κ1) is 22.8. The molecule has 10 heteroatoms. The largest absolute Gasteiger partial charge is 0.437 e. The number of nitrogens with zero attached hydrogens (tertiary/aromatic N) is 3. The summed E-state index contributed by atoms with van der Waals surface area (Å²) in [5, 5.41) is 2.85. The summed E-state index contributed by atoms with van der Waals surface area (Å²) in [6.07, 6.45) is 5.33. The van der Waals surface area contributed by atoms with Crippen molar-refractivity contribution < 1.29 is 22.7 Å². The first-order valence-electron chi connectivity index (χ1n) is 10.5. The molecule has 1 aliphatic rings. The molecule has 9 nitrogen and oxygen atoms in total. The van der Waals surface area contributed by atoms with Crippen molar-refractivity contribution in [2.24, 2.45) is 0 Å². The van der Waals surface area contributed by atoms with Crippen LogP contribution in [0.4, 0.5) is 5.69 Å². The van der Waals surface area contributed by atoms with Crippen LogP contribution in [0.25, 0.3) is 0 Å². The van der Waals surface area contributed by atoms with Gasteiger partial charge >= 0.3 is 0 Å². The van der Waals surface area contributed by atoms with Gasteiger partial charge in [0.15, 0.2) is 0 Å². The van der Waals surface area contributed by atoms with E-state index < -0.39 is 10.0 Å². The SMILES string of the molecule is O=C(CCc1ccc(S(=O)(=O)N2CCOCC2)cc1)Nc1cccc(Oc2cnccn2)c1. The van der Waals surface area contributed by atoms with Crippen molar-refractivity contribution >= 4 is 21.6 Å². The first-order valence-corrected chi connectivity index (χ1v) is 12.0. The van der Waals surface area contributed by atoms with Crippen LogP contribution in [0.1, 0.15) is 12.0 Å². The molecule has 2 heterocycles. The molecule has 1 amide bonds. The number of sulfonamides is 1. The van der Waals surface area contributed by atoms with E-state index in [1.54, 1.807) is 54.7 Å². The molecule has 0 spiro atoms. The highest BCUT2D eigenvalue weighted by atomic mass is 32.2. The predicted octanol–water partition coefficient (Wildman–Crippen LogP) is 2.86. The zero-order valence-electron chi connectivity index (χ0n) is 17.9. The minimum absolute atomic E-state index is 0.156. The summed E-state index contributed by atoms with van der Waals surface area (Å²) in [6, 6.07) is 13.7. The summed E-state index contributed by atoms with van der Waals surface area (Å²) in [5.41, 5.74) is 1.49. The maximum absolute atomic E-state index is 12.7. The summed E-state index contributed by atoms with van der Waals surface area (Å²) < 4.78 is 37.7. The maximum atomic E-state index is 12.7. The molecule has 4 rings (SSSR count). The normalized spacial score (nSPS) is 14.5. The Balaban J connectivity index is 1.30. The Hall–Kier alpha value is -3.34. The monoisotopic (exact) mass is 468 g/mol. The Morgan fingerprint density at radius 3 is 2.61 bits per heavy atom. The molecule has 1 N–H and O–H groups in total.